The fourth-order valence-electron chi connectivity index (χ4n) is 3.09. The number of hydrogen-bond donors (Lipinski definition) is 2. The molecule has 1 aliphatic rings. The van der Waals surface area contributed by atoms with Crippen LogP contribution < -0.4 is 15.5 Å². The van der Waals surface area contributed by atoms with E-state index >= 15 is 0 Å². The van der Waals surface area contributed by atoms with Gasteiger partial charge in [0.25, 0.3) is 0 Å². The zero-order valence-electron chi connectivity index (χ0n) is 15.6. The molecule has 9 heteroatoms. The molecule has 2 aromatic rings. The van der Waals surface area contributed by atoms with Crippen molar-refractivity contribution in [2.45, 2.75) is 32.2 Å². The van der Waals surface area contributed by atoms with Crippen LogP contribution in [0.3, 0.4) is 0 Å². The summed E-state index contributed by atoms with van der Waals surface area (Å²) in [5.74, 6) is 0.867. The van der Waals surface area contributed by atoms with Crippen molar-refractivity contribution in [1.29, 1.82) is 0 Å². The first-order chi connectivity index (χ1) is 12.1. The molecule has 2 aromatic heterocycles. The average molecular weight is 489 g/mol. The average Bonchev–Trinajstić information content (AvgIpc) is 3.22. The minimum Gasteiger partial charge on any atom is -0.367 e. The van der Waals surface area contributed by atoms with E-state index in [4.69, 9.17) is 0 Å². The number of hydrogen-bond acceptors (Lipinski definition) is 5. The first-order valence-corrected chi connectivity index (χ1v) is 9.58. The highest BCUT2D eigenvalue weighted by molar-refractivity contribution is 14.0. The molecule has 144 valence electrons. The smallest absolute Gasteiger partial charge is 0.191 e. The molecule has 0 aliphatic carbocycles. The van der Waals surface area contributed by atoms with E-state index < -0.39 is 0 Å². The van der Waals surface area contributed by atoms with E-state index in [9.17, 15) is 0 Å². The Morgan fingerprint density at radius 1 is 1.42 bits per heavy atom. The van der Waals surface area contributed by atoms with Crippen molar-refractivity contribution in [2.75, 3.05) is 31.6 Å². The van der Waals surface area contributed by atoms with E-state index in [1.807, 2.05) is 31.2 Å². The molecule has 1 atom stereocenters. The number of halogens is 1. The molecular weight excluding hydrogens is 461 g/mol. The van der Waals surface area contributed by atoms with Crippen molar-refractivity contribution in [1.82, 2.24) is 25.4 Å². The minimum atomic E-state index is 0. The second-order valence-electron chi connectivity index (χ2n) is 6.42. The third kappa shape index (κ3) is 5.83. The van der Waals surface area contributed by atoms with Crippen LogP contribution in [0.1, 0.15) is 22.7 Å². The Morgan fingerprint density at radius 3 is 2.92 bits per heavy atom. The highest BCUT2D eigenvalue weighted by atomic mass is 127. The van der Waals surface area contributed by atoms with Gasteiger partial charge in [-0.15, -0.1) is 35.3 Å². The summed E-state index contributed by atoms with van der Waals surface area (Å²) >= 11 is 1.76. The highest BCUT2D eigenvalue weighted by Gasteiger charge is 2.21. The molecule has 1 saturated heterocycles. The maximum Gasteiger partial charge on any atom is 0.191 e. The Balaban J connectivity index is 0.00000243. The molecule has 3 heterocycles. The van der Waals surface area contributed by atoms with Crippen LogP contribution in [-0.4, -0.2) is 53.4 Å². The van der Waals surface area contributed by atoms with E-state index in [2.05, 4.69) is 43.7 Å². The van der Waals surface area contributed by atoms with Crippen molar-refractivity contribution in [3.63, 3.8) is 0 Å². The number of piperidine rings is 1. The second-order valence-corrected chi connectivity index (χ2v) is 7.73. The SMILES string of the molecule is CN=C(NCCc1ncc(C)s1)NC1CCCN(c2cnn(C)c2)C1.I. The summed E-state index contributed by atoms with van der Waals surface area (Å²) in [6, 6.07) is 0.391. The molecule has 7 nitrogen and oxygen atoms in total. The summed E-state index contributed by atoms with van der Waals surface area (Å²) in [5.41, 5.74) is 1.19. The zero-order chi connectivity index (χ0) is 17.6. The fraction of sp³-hybridized carbons (Fsp3) is 0.588. The normalized spacial score (nSPS) is 17.7. The van der Waals surface area contributed by atoms with Crippen molar-refractivity contribution in [2.24, 2.45) is 12.0 Å². The lowest BCUT2D eigenvalue weighted by atomic mass is 10.1. The van der Waals surface area contributed by atoms with Gasteiger partial charge in [-0.25, -0.2) is 4.98 Å². The van der Waals surface area contributed by atoms with Crippen LogP contribution >= 0.6 is 35.3 Å². The number of anilines is 1. The van der Waals surface area contributed by atoms with Gasteiger partial charge in [-0.1, -0.05) is 0 Å². The number of aliphatic imine (C=N–C) groups is 1. The molecule has 0 amide bonds. The van der Waals surface area contributed by atoms with Gasteiger partial charge in [0.1, 0.15) is 0 Å². The van der Waals surface area contributed by atoms with Crippen LogP contribution in [0.15, 0.2) is 23.6 Å². The van der Waals surface area contributed by atoms with Crippen molar-refractivity contribution >= 4 is 47.0 Å². The summed E-state index contributed by atoms with van der Waals surface area (Å²) < 4.78 is 1.85. The maximum atomic E-state index is 4.40. The van der Waals surface area contributed by atoms with E-state index in [1.165, 1.54) is 22.0 Å². The second kappa shape index (κ2) is 10.1. The summed E-state index contributed by atoms with van der Waals surface area (Å²) in [7, 11) is 3.78. The Kier molecular flexibility index (Phi) is 8.14. The summed E-state index contributed by atoms with van der Waals surface area (Å²) in [5, 5.41) is 12.4. The number of aromatic nitrogens is 3. The standard InChI is InChI=1S/C17H27N7S.HI/c1-13-9-20-16(25-13)6-7-19-17(18-2)22-14-5-4-8-24(11-14)15-10-21-23(3)12-15;/h9-10,12,14H,4-8,11H2,1-3H3,(H2,18,19,22);1H. The fourth-order valence-corrected chi connectivity index (χ4v) is 3.88. The molecular formula is C17H28IN7S. The van der Waals surface area contributed by atoms with Gasteiger partial charge < -0.3 is 15.5 Å². The molecule has 2 N–H and O–H groups in total. The molecule has 1 unspecified atom stereocenters. The van der Waals surface area contributed by atoms with E-state index in [0.29, 0.717) is 6.04 Å². The zero-order valence-corrected chi connectivity index (χ0v) is 18.8. The topological polar surface area (TPSA) is 70.4 Å². The predicted molar refractivity (Wildman–Crippen MR) is 119 cm³/mol. The summed E-state index contributed by atoms with van der Waals surface area (Å²) in [4.78, 5) is 12.4. The first kappa shape index (κ1) is 20.9. The molecule has 0 saturated carbocycles. The minimum absolute atomic E-state index is 0. The van der Waals surface area contributed by atoms with Gasteiger partial charge in [0.05, 0.1) is 16.9 Å². The first-order valence-electron chi connectivity index (χ1n) is 8.76. The number of guanidine groups is 1. The van der Waals surface area contributed by atoms with Gasteiger partial charge in [-0.05, 0) is 19.8 Å². The van der Waals surface area contributed by atoms with E-state index in [-0.39, 0.29) is 24.0 Å². The monoisotopic (exact) mass is 489 g/mol. The molecule has 0 bridgehead atoms. The quantitative estimate of drug-likeness (QED) is 0.383. The number of aryl methyl sites for hydroxylation is 2. The van der Waals surface area contributed by atoms with Crippen molar-refractivity contribution < 1.29 is 0 Å². The van der Waals surface area contributed by atoms with Crippen LogP contribution in [0.5, 0.6) is 0 Å². The van der Waals surface area contributed by atoms with Crippen LogP contribution in [0.25, 0.3) is 0 Å². The summed E-state index contributed by atoms with van der Waals surface area (Å²) in [6.07, 6.45) is 9.19. The van der Waals surface area contributed by atoms with Gasteiger partial charge in [-0.3, -0.25) is 9.67 Å². The molecule has 1 fully saturated rings. The third-order valence-electron chi connectivity index (χ3n) is 4.34. The summed E-state index contributed by atoms with van der Waals surface area (Å²) in [6.45, 7) is 4.98. The van der Waals surface area contributed by atoms with Gasteiger partial charge in [0.15, 0.2) is 5.96 Å². The Labute approximate surface area is 176 Å². The van der Waals surface area contributed by atoms with Gasteiger partial charge >= 0.3 is 0 Å². The van der Waals surface area contributed by atoms with Crippen LogP contribution in [0.2, 0.25) is 0 Å². The van der Waals surface area contributed by atoms with Crippen molar-refractivity contribution in [3.8, 4) is 0 Å². The molecule has 1 aliphatic heterocycles. The third-order valence-corrected chi connectivity index (χ3v) is 5.32. The van der Waals surface area contributed by atoms with Crippen LogP contribution in [0.4, 0.5) is 5.69 Å². The number of nitrogens with zero attached hydrogens (tertiary/aromatic N) is 5. The Bertz CT molecular complexity index is 712. The number of thiazole rings is 1. The molecule has 0 spiro atoms. The molecule has 0 aromatic carbocycles. The number of nitrogens with one attached hydrogen (secondary N) is 2. The van der Waals surface area contributed by atoms with Crippen LogP contribution in [0, 0.1) is 6.92 Å². The lowest BCUT2D eigenvalue weighted by Crippen LogP contribution is -2.51. The lowest BCUT2D eigenvalue weighted by molar-refractivity contribution is 0.468. The number of rotatable bonds is 5. The van der Waals surface area contributed by atoms with E-state index in [1.54, 1.807) is 11.3 Å². The van der Waals surface area contributed by atoms with E-state index in [0.717, 1.165) is 38.4 Å². The Hall–Kier alpha value is -1.36. The van der Waals surface area contributed by atoms with Crippen molar-refractivity contribution in [3.05, 3.63) is 28.5 Å². The van der Waals surface area contributed by atoms with Gasteiger partial charge in [0.2, 0.25) is 0 Å². The van der Waals surface area contributed by atoms with Crippen LogP contribution in [-0.2, 0) is 13.5 Å². The van der Waals surface area contributed by atoms with Gasteiger partial charge in [-0.2, -0.15) is 5.10 Å². The molecule has 26 heavy (non-hydrogen) atoms. The maximum absolute atomic E-state index is 4.40. The highest BCUT2D eigenvalue weighted by Crippen LogP contribution is 2.19. The largest absolute Gasteiger partial charge is 0.367 e. The predicted octanol–water partition coefficient (Wildman–Crippen LogP) is 2.18. The van der Waals surface area contributed by atoms with Gasteiger partial charge in [0, 0.05) is 63.5 Å². The molecule has 0 radical (unpaired) electrons. The Morgan fingerprint density at radius 2 is 2.27 bits per heavy atom. The lowest BCUT2D eigenvalue weighted by Gasteiger charge is -2.34. The molecule has 3 rings (SSSR count).